The predicted molar refractivity (Wildman–Crippen MR) is 66.6 cm³/mol. The summed E-state index contributed by atoms with van der Waals surface area (Å²) < 4.78 is 0. The first-order valence-corrected chi connectivity index (χ1v) is 10.5. The van der Waals surface area contributed by atoms with Crippen molar-refractivity contribution in [3.8, 4) is 0 Å². The number of hydrogen-bond acceptors (Lipinski definition) is 0. The van der Waals surface area contributed by atoms with E-state index in [1.54, 1.807) is 0 Å². The van der Waals surface area contributed by atoms with E-state index in [2.05, 4.69) is 53.1 Å². The summed E-state index contributed by atoms with van der Waals surface area (Å²) in [6.07, 6.45) is 1.92. The van der Waals surface area contributed by atoms with Gasteiger partial charge in [-0.3, -0.25) is 0 Å². The maximum atomic E-state index is 3.54. The summed E-state index contributed by atoms with van der Waals surface area (Å²) in [7, 11) is 0.241. The molecule has 0 saturated heterocycles. The minimum Gasteiger partial charge on any atom is -0.346 e. The molecule has 0 rings (SSSR count). The van der Waals surface area contributed by atoms with Crippen LogP contribution in [0.1, 0.15) is 12.8 Å². The molecule has 0 N–H and O–H groups in total. The Hall–Kier alpha value is 1.68. The summed E-state index contributed by atoms with van der Waals surface area (Å²) >= 11 is 0. The van der Waals surface area contributed by atoms with Crippen molar-refractivity contribution >= 4 is 17.6 Å². The Balaban J connectivity index is -0.0000000270. The molecule has 0 aliphatic carbocycles. The third-order valence-corrected chi connectivity index (χ3v) is 0.250. The van der Waals surface area contributed by atoms with E-state index >= 15 is 0 Å². The summed E-state index contributed by atoms with van der Waals surface area (Å²) in [4.78, 5) is 0. The second-order valence-electron chi connectivity index (χ2n) is 3.71. The van der Waals surface area contributed by atoms with E-state index < -0.39 is 0 Å². The van der Waals surface area contributed by atoms with Crippen molar-refractivity contribution in [1.29, 1.82) is 0 Å². The summed E-state index contributed by atoms with van der Waals surface area (Å²) in [5.41, 5.74) is 0. The van der Waals surface area contributed by atoms with Gasteiger partial charge in [0.1, 0.15) is 0 Å². The fraction of sp³-hybridized carbons (Fsp3) is 0.800. The number of unbranched alkanes of at least 4 members (excludes halogenated alkanes) is 1. The van der Waals surface area contributed by atoms with Gasteiger partial charge in [-0.25, -0.2) is 12.8 Å². The summed E-state index contributed by atoms with van der Waals surface area (Å²) in [5, 5.41) is 0. The predicted octanol–water partition coefficient (Wildman–Crippen LogP) is 4.17. The van der Waals surface area contributed by atoms with E-state index in [0.717, 1.165) is 12.8 Å². The van der Waals surface area contributed by atoms with Gasteiger partial charge < -0.3 is 13.8 Å². The molecule has 0 unspecified atom stereocenters. The summed E-state index contributed by atoms with van der Waals surface area (Å²) in [6.45, 7) is 20.7. The molecule has 0 aromatic rings. The molecular formula is C10H26Si2Zn2-2. The van der Waals surface area contributed by atoms with Crippen LogP contribution in [0.3, 0.4) is 0 Å². The van der Waals surface area contributed by atoms with Gasteiger partial charge in [0, 0.05) is 56.5 Å². The molecule has 2 radical (unpaired) electrons. The summed E-state index contributed by atoms with van der Waals surface area (Å²) in [6, 6.07) is 0. The Morgan fingerprint density at radius 1 is 0.643 bits per heavy atom. The Bertz CT molecular complexity index is 46.6. The first-order valence-electron chi connectivity index (χ1n) is 4.50. The maximum Gasteiger partial charge on any atom is 0.0379 e. The summed E-state index contributed by atoms with van der Waals surface area (Å²) in [5.74, 6) is 0. The molecule has 0 nitrogen and oxygen atoms in total. The molecule has 0 aromatic heterocycles. The van der Waals surface area contributed by atoms with Crippen molar-refractivity contribution in [3.63, 3.8) is 0 Å². The number of hydrogen-bond donors (Lipinski definition) is 0. The normalized spacial score (nSPS) is 7.29. The topological polar surface area (TPSA) is 0 Å². The Morgan fingerprint density at radius 2 is 0.714 bits per heavy atom. The minimum atomic E-state index is 0. The van der Waals surface area contributed by atoms with Crippen LogP contribution in [0.15, 0.2) is 0 Å². The van der Waals surface area contributed by atoms with Gasteiger partial charge in [0.2, 0.25) is 0 Å². The van der Waals surface area contributed by atoms with Crippen LogP contribution >= 0.6 is 0 Å². The van der Waals surface area contributed by atoms with Crippen molar-refractivity contribution < 1.29 is 39.0 Å². The van der Waals surface area contributed by atoms with Crippen molar-refractivity contribution in [2.45, 2.75) is 52.1 Å². The molecule has 0 aliphatic heterocycles. The standard InChI is InChI=1S/C4H8.2C3H9Si.2Zn/c1-3-4-2;2*1-4(2)3;;/h1-4H2;2*1-3H3;;/q-2;;;;. The molecule has 0 heterocycles. The molecule has 0 fully saturated rings. The number of rotatable bonds is 1. The molecule has 14 heavy (non-hydrogen) atoms. The molecule has 0 amide bonds. The molecule has 80 valence electrons. The average Bonchev–Trinajstić information content (AvgIpc) is 1.85. The van der Waals surface area contributed by atoms with Crippen LogP contribution in [-0.2, 0) is 39.0 Å². The zero-order chi connectivity index (χ0) is 10.6. The molecule has 4 heteroatoms. The minimum absolute atomic E-state index is 0. The SMILES string of the molecule is C[Si](C)C.C[Si](C)C.[CH2-]CC[CH2-].[Zn].[Zn]. The smallest absolute Gasteiger partial charge is 0.0379 e. The van der Waals surface area contributed by atoms with Gasteiger partial charge in [-0.15, -0.1) is 0 Å². The van der Waals surface area contributed by atoms with Crippen molar-refractivity contribution in [2.24, 2.45) is 0 Å². The van der Waals surface area contributed by atoms with Crippen LogP contribution in [0, 0.1) is 13.8 Å². The van der Waals surface area contributed by atoms with Crippen LogP contribution < -0.4 is 0 Å². The van der Waals surface area contributed by atoms with Gasteiger partial charge in [0.25, 0.3) is 0 Å². The third-order valence-electron chi connectivity index (χ3n) is 0.250. The van der Waals surface area contributed by atoms with Crippen LogP contribution in [0.4, 0.5) is 0 Å². The molecule has 0 bridgehead atoms. The van der Waals surface area contributed by atoms with E-state index in [0.29, 0.717) is 0 Å². The van der Waals surface area contributed by atoms with Gasteiger partial charge >= 0.3 is 0 Å². The largest absolute Gasteiger partial charge is 0.346 e. The molecular weight excluding hydrogens is 307 g/mol. The van der Waals surface area contributed by atoms with Gasteiger partial charge in [0.15, 0.2) is 0 Å². The second kappa shape index (κ2) is 29.3. The third kappa shape index (κ3) is 306. The fourth-order valence-electron chi connectivity index (χ4n) is 0. The van der Waals surface area contributed by atoms with Crippen LogP contribution in [0.5, 0.6) is 0 Å². The molecule has 0 atom stereocenters. The van der Waals surface area contributed by atoms with Crippen LogP contribution in [0.25, 0.3) is 0 Å². The molecule has 0 aliphatic rings. The van der Waals surface area contributed by atoms with Gasteiger partial charge in [0.05, 0.1) is 0 Å². The average molecular weight is 333 g/mol. The van der Waals surface area contributed by atoms with Crippen molar-refractivity contribution in [1.82, 2.24) is 0 Å². The van der Waals surface area contributed by atoms with E-state index in [9.17, 15) is 0 Å². The van der Waals surface area contributed by atoms with E-state index in [1.807, 2.05) is 0 Å². The van der Waals surface area contributed by atoms with Crippen LogP contribution in [0.2, 0.25) is 39.3 Å². The van der Waals surface area contributed by atoms with Crippen LogP contribution in [-0.4, -0.2) is 17.6 Å². The van der Waals surface area contributed by atoms with E-state index in [1.165, 1.54) is 0 Å². The van der Waals surface area contributed by atoms with E-state index in [4.69, 9.17) is 0 Å². The fourth-order valence-corrected chi connectivity index (χ4v) is 0. The first kappa shape index (κ1) is 29.6. The Labute approximate surface area is 122 Å². The van der Waals surface area contributed by atoms with Gasteiger partial charge in [-0.2, -0.15) is 0 Å². The zero-order valence-corrected chi connectivity index (χ0v) is 19.2. The molecule has 0 aromatic carbocycles. The zero-order valence-electron chi connectivity index (χ0n) is 11.2. The Morgan fingerprint density at radius 3 is 0.714 bits per heavy atom. The quantitative estimate of drug-likeness (QED) is 0.499. The van der Waals surface area contributed by atoms with Crippen molar-refractivity contribution in [2.75, 3.05) is 0 Å². The van der Waals surface area contributed by atoms with Gasteiger partial charge in [-0.05, 0) is 0 Å². The molecule has 0 saturated carbocycles. The van der Waals surface area contributed by atoms with Crippen molar-refractivity contribution in [3.05, 3.63) is 13.8 Å². The monoisotopic (exact) mass is 330 g/mol. The maximum absolute atomic E-state index is 3.54. The molecule has 0 spiro atoms. The van der Waals surface area contributed by atoms with Gasteiger partial charge in [-0.1, -0.05) is 39.3 Å². The van der Waals surface area contributed by atoms with E-state index in [-0.39, 0.29) is 56.5 Å². The second-order valence-corrected chi connectivity index (χ2v) is 9.71. The Kier molecular flexibility index (Phi) is 62.0. The first-order chi connectivity index (χ1) is 5.38.